The molecule has 5 atom stereocenters. The first kappa shape index (κ1) is 12.8. The molecule has 1 heterocycles. The van der Waals surface area contributed by atoms with Crippen LogP contribution < -0.4 is 5.73 Å². The van der Waals surface area contributed by atoms with Crippen molar-refractivity contribution in [3.05, 3.63) is 0 Å². The molecule has 6 heteroatoms. The van der Waals surface area contributed by atoms with Crippen molar-refractivity contribution in [1.29, 1.82) is 0 Å². The molecule has 5 unspecified atom stereocenters. The normalized spacial score (nSPS) is 45.0. The average Bonchev–Trinajstić information content (AvgIpc) is 2.15. The zero-order valence-electron chi connectivity index (χ0n) is 7.66. The molecule has 1 aliphatic heterocycles. The summed E-state index contributed by atoms with van der Waals surface area (Å²) in [6, 6.07) is -0.929. The lowest BCUT2D eigenvalue weighted by Gasteiger charge is -2.37. The fourth-order valence-corrected chi connectivity index (χ4v) is 1.07. The highest BCUT2D eigenvalue weighted by Gasteiger charge is 2.39. The summed E-state index contributed by atoms with van der Waals surface area (Å²) in [7, 11) is 1.00. The van der Waals surface area contributed by atoms with Crippen LogP contribution in [0.15, 0.2) is 0 Å². The molecule has 1 saturated heterocycles. The van der Waals surface area contributed by atoms with Crippen LogP contribution in [0.2, 0.25) is 0 Å². The molecule has 1 rings (SSSR count). The van der Waals surface area contributed by atoms with Crippen molar-refractivity contribution in [2.45, 2.75) is 37.6 Å². The summed E-state index contributed by atoms with van der Waals surface area (Å²) < 4.78 is 4.80. The zero-order chi connectivity index (χ0) is 10.6. The van der Waals surface area contributed by atoms with Gasteiger partial charge in [0.05, 0.1) is 12.1 Å². The van der Waals surface area contributed by atoms with E-state index in [2.05, 4.69) is 0 Å². The third kappa shape index (κ3) is 2.87. The van der Waals surface area contributed by atoms with Gasteiger partial charge in [0.15, 0.2) is 6.29 Å². The second kappa shape index (κ2) is 5.48. The summed E-state index contributed by atoms with van der Waals surface area (Å²) in [6.07, 6.45) is -3.91. The number of hydrogen-bond acceptors (Lipinski definition) is 6. The summed E-state index contributed by atoms with van der Waals surface area (Å²) in [5, 5.41) is 34.4. The molecule has 13 heavy (non-hydrogen) atoms. The molecular weight excluding hydrogens is 178 g/mol. The minimum absolute atomic E-state index is 0.584. The SMILES string of the molecule is CC1OC(O)C(N)C(O)C1O.CO. The molecule has 0 aliphatic carbocycles. The zero-order valence-corrected chi connectivity index (χ0v) is 7.66. The van der Waals surface area contributed by atoms with Gasteiger partial charge in [-0.2, -0.15) is 0 Å². The predicted octanol–water partition coefficient (Wildman–Crippen LogP) is -2.62. The second-order valence-corrected chi connectivity index (χ2v) is 2.79. The van der Waals surface area contributed by atoms with Crippen molar-refractivity contribution in [3.63, 3.8) is 0 Å². The summed E-state index contributed by atoms with van der Waals surface area (Å²) in [6.45, 7) is 1.56. The summed E-state index contributed by atoms with van der Waals surface area (Å²) in [5.41, 5.74) is 5.29. The molecular formula is C7H17NO5. The van der Waals surface area contributed by atoms with E-state index in [4.69, 9.17) is 25.8 Å². The Morgan fingerprint density at radius 1 is 1.08 bits per heavy atom. The van der Waals surface area contributed by atoms with Crippen LogP contribution in [0.4, 0.5) is 0 Å². The van der Waals surface area contributed by atoms with E-state index in [1.807, 2.05) is 0 Å². The Morgan fingerprint density at radius 3 is 2.00 bits per heavy atom. The third-order valence-electron chi connectivity index (χ3n) is 1.91. The second-order valence-electron chi connectivity index (χ2n) is 2.79. The maximum Gasteiger partial charge on any atom is 0.172 e. The van der Waals surface area contributed by atoms with Crippen molar-refractivity contribution in [2.75, 3.05) is 7.11 Å². The fourth-order valence-electron chi connectivity index (χ4n) is 1.07. The largest absolute Gasteiger partial charge is 0.400 e. The molecule has 0 radical (unpaired) electrons. The minimum atomic E-state index is -1.19. The van der Waals surface area contributed by atoms with Crippen LogP contribution >= 0.6 is 0 Å². The Hall–Kier alpha value is -0.240. The highest BCUT2D eigenvalue weighted by Crippen LogP contribution is 2.17. The summed E-state index contributed by atoms with van der Waals surface area (Å²) in [4.78, 5) is 0. The van der Waals surface area contributed by atoms with Gasteiger partial charge in [-0.1, -0.05) is 0 Å². The lowest BCUT2D eigenvalue weighted by atomic mass is 9.99. The van der Waals surface area contributed by atoms with Gasteiger partial charge in [0.25, 0.3) is 0 Å². The molecule has 0 bridgehead atoms. The first-order valence-electron chi connectivity index (χ1n) is 3.94. The standard InChI is InChI=1S/C6H13NO4.CH4O/c1-2-4(8)5(9)3(7)6(10)11-2;1-2/h2-6,8-10H,7H2,1H3;2H,1H3. The van der Waals surface area contributed by atoms with Gasteiger partial charge in [-0.15, -0.1) is 0 Å². The number of ether oxygens (including phenoxy) is 1. The number of rotatable bonds is 0. The first-order valence-corrected chi connectivity index (χ1v) is 3.94. The van der Waals surface area contributed by atoms with Crippen LogP contribution in [0.25, 0.3) is 0 Å². The van der Waals surface area contributed by atoms with Gasteiger partial charge >= 0.3 is 0 Å². The van der Waals surface area contributed by atoms with E-state index in [1.165, 1.54) is 0 Å². The molecule has 0 saturated carbocycles. The Bertz CT molecular complexity index is 131. The van der Waals surface area contributed by atoms with Gasteiger partial charge in [-0.3, -0.25) is 0 Å². The van der Waals surface area contributed by atoms with E-state index < -0.39 is 30.6 Å². The lowest BCUT2D eigenvalue weighted by Crippen LogP contribution is -2.60. The van der Waals surface area contributed by atoms with Crippen LogP contribution in [-0.4, -0.2) is 58.2 Å². The van der Waals surface area contributed by atoms with Gasteiger partial charge in [0.2, 0.25) is 0 Å². The molecule has 1 fully saturated rings. The molecule has 80 valence electrons. The maximum atomic E-state index is 9.17. The first-order chi connectivity index (χ1) is 6.04. The number of aliphatic hydroxyl groups excluding tert-OH is 4. The number of nitrogens with two attached hydrogens (primary N) is 1. The molecule has 6 N–H and O–H groups in total. The fraction of sp³-hybridized carbons (Fsp3) is 1.00. The molecule has 0 amide bonds. The van der Waals surface area contributed by atoms with Crippen molar-refractivity contribution in [2.24, 2.45) is 5.73 Å². The number of aliphatic hydroxyl groups is 4. The van der Waals surface area contributed by atoms with Gasteiger partial charge in [0.1, 0.15) is 12.2 Å². The molecule has 6 nitrogen and oxygen atoms in total. The average molecular weight is 195 g/mol. The van der Waals surface area contributed by atoms with Crippen LogP contribution in [-0.2, 0) is 4.74 Å². The quantitative estimate of drug-likeness (QED) is 0.289. The van der Waals surface area contributed by atoms with Crippen molar-refractivity contribution >= 4 is 0 Å². The van der Waals surface area contributed by atoms with E-state index in [9.17, 15) is 5.11 Å². The van der Waals surface area contributed by atoms with E-state index >= 15 is 0 Å². The van der Waals surface area contributed by atoms with Crippen LogP contribution in [0.1, 0.15) is 6.92 Å². The number of hydrogen-bond donors (Lipinski definition) is 5. The smallest absolute Gasteiger partial charge is 0.172 e. The van der Waals surface area contributed by atoms with E-state index in [1.54, 1.807) is 6.92 Å². The van der Waals surface area contributed by atoms with Gasteiger partial charge in [-0.25, -0.2) is 0 Å². The van der Waals surface area contributed by atoms with Crippen molar-refractivity contribution in [3.8, 4) is 0 Å². The van der Waals surface area contributed by atoms with Gasteiger partial charge in [-0.05, 0) is 6.92 Å². The highest BCUT2D eigenvalue weighted by atomic mass is 16.6. The van der Waals surface area contributed by atoms with E-state index in [0.717, 1.165) is 7.11 Å². The monoisotopic (exact) mass is 195 g/mol. The molecule has 0 aromatic heterocycles. The van der Waals surface area contributed by atoms with Crippen molar-refractivity contribution < 1.29 is 25.2 Å². The Labute approximate surface area is 76.6 Å². The van der Waals surface area contributed by atoms with Crippen molar-refractivity contribution in [1.82, 2.24) is 0 Å². The summed E-state index contributed by atoms with van der Waals surface area (Å²) >= 11 is 0. The molecule has 0 aromatic carbocycles. The Kier molecular flexibility index (Phi) is 5.38. The third-order valence-corrected chi connectivity index (χ3v) is 1.91. The van der Waals surface area contributed by atoms with Gasteiger partial charge < -0.3 is 30.9 Å². The Balaban J connectivity index is 0.000000671. The molecule has 1 aliphatic rings. The van der Waals surface area contributed by atoms with Crippen LogP contribution in [0, 0.1) is 0 Å². The van der Waals surface area contributed by atoms with E-state index in [-0.39, 0.29) is 0 Å². The van der Waals surface area contributed by atoms with Gasteiger partial charge in [0, 0.05) is 7.11 Å². The van der Waals surface area contributed by atoms with Crippen LogP contribution in [0.5, 0.6) is 0 Å². The molecule has 0 spiro atoms. The van der Waals surface area contributed by atoms with E-state index in [0.29, 0.717) is 0 Å². The minimum Gasteiger partial charge on any atom is -0.400 e. The lowest BCUT2D eigenvalue weighted by molar-refractivity contribution is -0.236. The Morgan fingerprint density at radius 2 is 1.54 bits per heavy atom. The highest BCUT2D eigenvalue weighted by molar-refractivity contribution is 4.88. The van der Waals surface area contributed by atoms with Crippen LogP contribution in [0.3, 0.4) is 0 Å². The predicted molar refractivity (Wildman–Crippen MR) is 44.7 cm³/mol. The topological polar surface area (TPSA) is 116 Å². The maximum absolute atomic E-state index is 9.17. The molecule has 0 aromatic rings. The summed E-state index contributed by atoms with van der Waals surface area (Å²) in [5.74, 6) is 0.